The number of hydrogen-bond donors (Lipinski definition) is 2. The zero-order valence-electron chi connectivity index (χ0n) is 9.83. The van der Waals surface area contributed by atoms with Crippen LogP contribution in [0.15, 0.2) is 36.4 Å². The van der Waals surface area contributed by atoms with E-state index in [1.54, 1.807) is 36.4 Å². The van der Waals surface area contributed by atoms with Gasteiger partial charge in [-0.1, -0.05) is 30.4 Å². The van der Waals surface area contributed by atoms with E-state index in [0.717, 1.165) is 0 Å². The van der Waals surface area contributed by atoms with E-state index >= 15 is 0 Å². The highest BCUT2D eigenvalue weighted by molar-refractivity contribution is 7.88. The molecule has 0 unspecified atom stereocenters. The number of benzene rings is 1. The number of nitrogens with zero attached hydrogens (tertiary/aromatic N) is 1. The first-order chi connectivity index (χ1) is 8.59. The highest BCUT2D eigenvalue weighted by Crippen LogP contribution is 2.10. The molecule has 0 aliphatic heterocycles. The van der Waals surface area contributed by atoms with Crippen molar-refractivity contribution in [3.8, 4) is 6.07 Å². The molecule has 0 fully saturated rings. The molecule has 96 valence electrons. The fraction of sp³-hybridized carbons (Fsp3) is 0.250. The van der Waals surface area contributed by atoms with Crippen molar-refractivity contribution in [3.63, 3.8) is 0 Å². The molecule has 0 aromatic heterocycles. The molecule has 0 saturated heterocycles. The predicted molar refractivity (Wildman–Crippen MR) is 70.0 cm³/mol. The lowest BCUT2D eigenvalue weighted by Gasteiger charge is -2.06. The number of nitrogens with two attached hydrogens (primary N) is 1. The summed E-state index contributed by atoms with van der Waals surface area (Å²) in [5, 5.41) is 8.87. The third-order valence-electron chi connectivity index (χ3n) is 2.21. The number of sulfonamides is 1. The lowest BCUT2D eigenvalue weighted by Crippen LogP contribution is -2.25. The largest absolute Gasteiger partial charge is 0.327 e. The first-order valence-electron chi connectivity index (χ1n) is 5.39. The summed E-state index contributed by atoms with van der Waals surface area (Å²) in [6, 6.07) is 8.61. The van der Waals surface area contributed by atoms with Crippen molar-refractivity contribution in [2.75, 3.05) is 13.1 Å². The molecular formula is C12H15N3O2S. The Morgan fingerprint density at radius 3 is 2.72 bits per heavy atom. The van der Waals surface area contributed by atoms with E-state index in [9.17, 15) is 8.42 Å². The van der Waals surface area contributed by atoms with Gasteiger partial charge in [0.2, 0.25) is 10.0 Å². The van der Waals surface area contributed by atoms with E-state index in [-0.39, 0.29) is 12.3 Å². The van der Waals surface area contributed by atoms with Crippen LogP contribution in [0.1, 0.15) is 11.1 Å². The Bertz CT molecular complexity index is 559. The SMILES string of the molecule is N#Cc1ccccc1CS(=O)(=O)NC/C=C/CN. The van der Waals surface area contributed by atoms with Crippen LogP contribution in [-0.4, -0.2) is 21.5 Å². The molecule has 0 aliphatic carbocycles. The molecule has 1 aromatic carbocycles. The molecule has 0 heterocycles. The van der Waals surface area contributed by atoms with Crippen LogP contribution in [-0.2, 0) is 15.8 Å². The van der Waals surface area contributed by atoms with Crippen molar-refractivity contribution in [2.24, 2.45) is 5.73 Å². The van der Waals surface area contributed by atoms with Crippen LogP contribution in [0.4, 0.5) is 0 Å². The van der Waals surface area contributed by atoms with Crippen LogP contribution < -0.4 is 10.5 Å². The molecule has 1 aromatic rings. The van der Waals surface area contributed by atoms with Crippen molar-refractivity contribution in [1.29, 1.82) is 5.26 Å². The second kappa shape index (κ2) is 6.91. The molecule has 0 saturated carbocycles. The summed E-state index contributed by atoms with van der Waals surface area (Å²) in [4.78, 5) is 0. The van der Waals surface area contributed by atoms with Crippen molar-refractivity contribution in [3.05, 3.63) is 47.5 Å². The highest BCUT2D eigenvalue weighted by atomic mass is 32.2. The van der Waals surface area contributed by atoms with Crippen LogP contribution in [0.5, 0.6) is 0 Å². The normalized spacial score (nSPS) is 11.6. The van der Waals surface area contributed by atoms with Crippen LogP contribution in [0.25, 0.3) is 0 Å². The Kier molecular flexibility index (Phi) is 5.52. The van der Waals surface area contributed by atoms with Gasteiger partial charge >= 0.3 is 0 Å². The summed E-state index contributed by atoms with van der Waals surface area (Å²) in [7, 11) is -3.44. The standard InChI is InChI=1S/C12H15N3O2S/c13-7-3-4-8-15-18(16,17)10-12-6-2-1-5-11(12)9-14/h1-6,15H,7-8,10,13H2/b4-3+. The van der Waals surface area contributed by atoms with Gasteiger partial charge in [-0.15, -0.1) is 0 Å². The average Bonchev–Trinajstić information content (AvgIpc) is 2.35. The minimum Gasteiger partial charge on any atom is -0.327 e. The zero-order chi connectivity index (χ0) is 13.4. The van der Waals surface area contributed by atoms with Gasteiger partial charge in [-0.3, -0.25) is 0 Å². The van der Waals surface area contributed by atoms with Gasteiger partial charge in [-0.25, -0.2) is 13.1 Å². The molecular weight excluding hydrogens is 250 g/mol. The first kappa shape index (κ1) is 14.4. The van der Waals surface area contributed by atoms with E-state index in [2.05, 4.69) is 4.72 Å². The molecule has 0 radical (unpaired) electrons. The minimum atomic E-state index is -3.44. The Labute approximate surface area is 107 Å². The van der Waals surface area contributed by atoms with Crippen molar-refractivity contribution >= 4 is 10.0 Å². The number of rotatable bonds is 6. The van der Waals surface area contributed by atoms with Crippen molar-refractivity contribution in [2.45, 2.75) is 5.75 Å². The van der Waals surface area contributed by atoms with E-state index in [1.165, 1.54) is 0 Å². The van der Waals surface area contributed by atoms with Gasteiger partial charge in [0, 0.05) is 13.1 Å². The second-order valence-electron chi connectivity index (χ2n) is 3.58. The zero-order valence-corrected chi connectivity index (χ0v) is 10.7. The molecule has 6 heteroatoms. The summed E-state index contributed by atoms with van der Waals surface area (Å²) in [5.41, 5.74) is 6.11. The smallest absolute Gasteiger partial charge is 0.216 e. The summed E-state index contributed by atoms with van der Waals surface area (Å²) in [6.07, 6.45) is 3.32. The molecule has 3 N–H and O–H groups in total. The van der Waals surface area contributed by atoms with Crippen LogP contribution in [0.3, 0.4) is 0 Å². The first-order valence-corrected chi connectivity index (χ1v) is 7.04. The summed E-state index contributed by atoms with van der Waals surface area (Å²) in [6.45, 7) is 0.577. The van der Waals surface area contributed by atoms with Gasteiger partial charge in [-0.05, 0) is 11.6 Å². The monoisotopic (exact) mass is 265 g/mol. The van der Waals surface area contributed by atoms with Crippen molar-refractivity contribution in [1.82, 2.24) is 4.72 Å². The van der Waals surface area contributed by atoms with Gasteiger partial charge < -0.3 is 5.73 Å². The number of nitriles is 1. The lowest BCUT2D eigenvalue weighted by molar-refractivity contribution is 0.584. The second-order valence-corrected chi connectivity index (χ2v) is 5.39. The molecule has 0 spiro atoms. The number of nitrogens with one attached hydrogen (secondary N) is 1. The summed E-state index contributed by atoms with van der Waals surface area (Å²) >= 11 is 0. The minimum absolute atomic E-state index is 0.201. The van der Waals surface area contributed by atoms with Crippen LogP contribution in [0.2, 0.25) is 0 Å². The Morgan fingerprint density at radius 2 is 2.06 bits per heavy atom. The van der Waals surface area contributed by atoms with Crippen LogP contribution in [0, 0.1) is 11.3 Å². The third-order valence-corrected chi connectivity index (χ3v) is 3.50. The van der Waals surface area contributed by atoms with E-state index in [4.69, 9.17) is 11.0 Å². The Morgan fingerprint density at radius 1 is 1.33 bits per heavy atom. The predicted octanol–water partition coefficient (Wildman–Crippen LogP) is 0.493. The number of hydrogen-bond acceptors (Lipinski definition) is 4. The fourth-order valence-electron chi connectivity index (χ4n) is 1.37. The van der Waals surface area contributed by atoms with Gasteiger partial charge in [0.1, 0.15) is 0 Å². The summed E-state index contributed by atoms with van der Waals surface area (Å²) in [5.74, 6) is -0.201. The fourth-order valence-corrected chi connectivity index (χ4v) is 2.48. The molecule has 0 aliphatic rings. The molecule has 18 heavy (non-hydrogen) atoms. The van der Waals surface area contributed by atoms with E-state index in [0.29, 0.717) is 17.7 Å². The maximum atomic E-state index is 11.7. The van der Waals surface area contributed by atoms with Gasteiger partial charge in [0.15, 0.2) is 0 Å². The Hall–Kier alpha value is -1.68. The van der Waals surface area contributed by atoms with E-state index < -0.39 is 10.0 Å². The highest BCUT2D eigenvalue weighted by Gasteiger charge is 2.12. The molecule has 0 bridgehead atoms. The molecule has 0 atom stereocenters. The van der Waals surface area contributed by atoms with Gasteiger partial charge in [0.25, 0.3) is 0 Å². The molecule has 0 amide bonds. The van der Waals surface area contributed by atoms with Gasteiger partial charge in [0.05, 0.1) is 17.4 Å². The summed E-state index contributed by atoms with van der Waals surface area (Å²) < 4.78 is 25.9. The average molecular weight is 265 g/mol. The third kappa shape index (κ3) is 4.67. The Balaban J connectivity index is 2.71. The van der Waals surface area contributed by atoms with Gasteiger partial charge in [-0.2, -0.15) is 5.26 Å². The molecule has 5 nitrogen and oxygen atoms in total. The van der Waals surface area contributed by atoms with E-state index in [1.807, 2.05) is 6.07 Å². The maximum Gasteiger partial charge on any atom is 0.216 e. The molecule has 1 rings (SSSR count). The maximum absolute atomic E-state index is 11.7. The topological polar surface area (TPSA) is 96.0 Å². The van der Waals surface area contributed by atoms with Crippen molar-refractivity contribution < 1.29 is 8.42 Å². The van der Waals surface area contributed by atoms with Crippen LogP contribution >= 0.6 is 0 Å². The lowest BCUT2D eigenvalue weighted by atomic mass is 10.1. The quantitative estimate of drug-likeness (QED) is 0.732.